The minimum absolute atomic E-state index is 0.142. The lowest BCUT2D eigenvalue weighted by Gasteiger charge is -2.43. The summed E-state index contributed by atoms with van der Waals surface area (Å²) in [5.41, 5.74) is 0.821. The van der Waals surface area contributed by atoms with Crippen molar-refractivity contribution in [3.8, 4) is 0 Å². The van der Waals surface area contributed by atoms with Crippen LogP contribution in [-0.2, 0) is 4.79 Å². The van der Waals surface area contributed by atoms with Gasteiger partial charge in [0.25, 0.3) is 0 Å². The molecule has 2 N–H and O–H groups in total. The summed E-state index contributed by atoms with van der Waals surface area (Å²) < 4.78 is 0. The smallest absolute Gasteiger partial charge is 0.317 e. The summed E-state index contributed by atoms with van der Waals surface area (Å²) in [6.45, 7) is 1.06. The van der Waals surface area contributed by atoms with Crippen LogP contribution in [0.2, 0.25) is 5.02 Å². The summed E-state index contributed by atoms with van der Waals surface area (Å²) in [6.07, 6.45) is 5.90. The largest absolute Gasteiger partial charge is 0.480 e. The molecule has 0 saturated heterocycles. The molecule has 7 heteroatoms. The SMILES string of the molecule is O=C(O)CN(CC1CC1)C1CC(Nc2ncnc3cc(Cl)ccc23)C1. The van der Waals surface area contributed by atoms with Crippen molar-refractivity contribution < 1.29 is 9.90 Å². The van der Waals surface area contributed by atoms with Crippen LogP contribution in [0.4, 0.5) is 5.82 Å². The number of carboxylic acid groups (broad SMARTS) is 1. The average molecular weight is 361 g/mol. The van der Waals surface area contributed by atoms with E-state index in [1.807, 2.05) is 18.2 Å². The molecule has 132 valence electrons. The number of carbonyl (C=O) groups is 1. The summed E-state index contributed by atoms with van der Waals surface area (Å²) in [7, 11) is 0. The Hall–Kier alpha value is -1.92. The highest BCUT2D eigenvalue weighted by molar-refractivity contribution is 6.31. The van der Waals surface area contributed by atoms with Crippen LogP contribution in [0.5, 0.6) is 0 Å². The van der Waals surface area contributed by atoms with Gasteiger partial charge in [0.15, 0.2) is 0 Å². The summed E-state index contributed by atoms with van der Waals surface area (Å²) in [5, 5.41) is 14.2. The molecule has 0 spiro atoms. The van der Waals surface area contributed by atoms with Gasteiger partial charge in [-0.15, -0.1) is 0 Å². The predicted octanol–water partition coefficient (Wildman–Crippen LogP) is 3.02. The van der Waals surface area contributed by atoms with E-state index in [0.29, 0.717) is 23.0 Å². The molecule has 0 bridgehead atoms. The van der Waals surface area contributed by atoms with Gasteiger partial charge in [0.2, 0.25) is 0 Å². The number of carboxylic acids is 1. The van der Waals surface area contributed by atoms with Crippen LogP contribution in [0, 0.1) is 5.92 Å². The van der Waals surface area contributed by atoms with Gasteiger partial charge in [-0.25, -0.2) is 9.97 Å². The van der Waals surface area contributed by atoms with Gasteiger partial charge in [-0.05, 0) is 49.8 Å². The Morgan fingerprint density at radius 3 is 2.84 bits per heavy atom. The van der Waals surface area contributed by atoms with E-state index in [-0.39, 0.29) is 6.54 Å². The molecule has 25 heavy (non-hydrogen) atoms. The van der Waals surface area contributed by atoms with Crippen LogP contribution in [0.25, 0.3) is 10.9 Å². The molecule has 4 rings (SSSR count). The second kappa shape index (κ2) is 6.77. The molecular weight excluding hydrogens is 340 g/mol. The highest BCUT2D eigenvalue weighted by Gasteiger charge is 2.37. The van der Waals surface area contributed by atoms with E-state index < -0.39 is 5.97 Å². The molecule has 2 aromatic rings. The molecule has 2 aliphatic rings. The molecular formula is C18H21ClN4O2. The lowest BCUT2D eigenvalue weighted by atomic mass is 9.85. The Labute approximate surface area is 151 Å². The van der Waals surface area contributed by atoms with E-state index in [0.717, 1.165) is 36.1 Å². The fraction of sp³-hybridized carbons (Fsp3) is 0.500. The number of nitrogens with zero attached hydrogens (tertiary/aromatic N) is 3. The third-order valence-corrected chi connectivity index (χ3v) is 5.33. The Morgan fingerprint density at radius 2 is 2.12 bits per heavy atom. The second-order valence-corrected chi connectivity index (χ2v) is 7.55. The first kappa shape index (κ1) is 16.5. The van der Waals surface area contributed by atoms with Gasteiger partial charge in [-0.3, -0.25) is 9.69 Å². The Balaban J connectivity index is 1.40. The maximum absolute atomic E-state index is 11.1. The fourth-order valence-electron chi connectivity index (χ4n) is 3.49. The molecule has 0 radical (unpaired) electrons. The first-order valence-corrected chi connectivity index (χ1v) is 9.09. The molecule has 2 aliphatic carbocycles. The summed E-state index contributed by atoms with van der Waals surface area (Å²) in [4.78, 5) is 21.9. The van der Waals surface area contributed by atoms with E-state index in [4.69, 9.17) is 16.7 Å². The van der Waals surface area contributed by atoms with Crippen LogP contribution in [-0.4, -0.2) is 51.1 Å². The van der Waals surface area contributed by atoms with Crippen LogP contribution in [0.1, 0.15) is 25.7 Å². The van der Waals surface area contributed by atoms with Gasteiger partial charge in [0.1, 0.15) is 12.1 Å². The van der Waals surface area contributed by atoms with Crippen LogP contribution in [0.3, 0.4) is 0 Å². The van der Waals surface area contributed by atoms with Crippen molar-refractivity contribution in [2.24, 2.45) is 5.92 Å². The van der Waals surface area contributed by atoms with Crippen molar-refractivity contribution in [1.29, 1.82) is 0 Å². The molecule has 0 atom stereocenters. The number of nitrogens with one attached hydrogen (secondary N) is 1. The van der Waals surface area contributed by atoms with Crippen molar-refractivity contribution in [1.82, 2.24) is 14.9 Å². The summed E-state index contributed by atoms with van der Waals surface area (Å²) in [6, 6.07) is 6.26. The first-order valence-electron chi connectivity index (χ1n) is 8.71. The maximum atomic E-state index is 11.1. The minimum Gasteiger partial charge on any atom is -0.480 e. The number of halogens is 1. The Morgan fingerprint density at radius 1 is 1.32 bits per heavy atom. The molecule has 1 aromatic carbocycles. The van der Waals surface area contributed by atoms with Crippen molar-refractivity contribution in [2.75, 3.05) is 18.4 Å². The topological polar surface area (TPSA) is 78.4 Å². The van der Waals surface area contributed by atoms with Crippen molar-refractivity contribution in [2.45, 2.75) is 37.8 Å². The molecule has 1 heterocycles. The quantitative estimate of drug-likeness (QED) is 0.790. The fourth-order valence-corrected chi connectivity index (χ4v) is 3.66. The highest BCUT2D eigenvalue weighted by Crippen LogP contribution is 2.35. The van der Waals surface area contributed by atoms with Crippen molar-refractivity contribution >= 4 is 34.3 Å². The number of anilines is 1. The zero-order chi connectivity index (χ0) is 17.4. The Kier molecular flexibility index (Phi) is 4.48. The third-order valence-electron chi connectivity index (χ3n) is 5.10. The van der Waals surface area contributed by atoms with Gasteiger partial charge in [-0.1, -0.05) is 11.6 Å². The van der Waals surface area contributed by atoms with E-state index in [9.17, 15) is 4.79 Å². The van der Waals surface area contributed by atoms with Crippen molar-refractivity contribution in [3.63, 3.8) is 0 Å². The minimum atomic E-state index is -0.740. The number of hydrogen-bond donors (Lipinski definition) is 2. The standard InChI is InChI=1S/C18H21ClN4O2/c19-12-3-4-15-16(5-12)20-10-21-18(15)22-13-6-14(7-13)23(9-17(24)25)8-11-1-2-11/h3-5,10-11,13-14H,1-2,6-9H2,(H,24,25)(H,20,21,22). The lowest BCUT2D eigenvalue weighted by molar-refractivity contribution is -0.139. The number of hydrogen-bond acceptors (Lipinski definition) is 5. The van der Waals surface area contributed by atoms with Gasteiger partial charge in [0.05, 0.1) is 12.1 Å². The molecule has 2 saturated carbocycles. The number of aliphatic carboxylic acids is 1. The van der Waals surface area contributed by atoms with E-state index >= 15 is 0 Å². The average Bonchev–Trinajstić information content (AvgIpc) is 3.33. The predicted molar refractivity (Wildman–Crippen MR) is 96.9 cm³/mol. The van der Waals surface area contributed by atoms with E-state index in [1.54, 1.807) is 6.33 Å². The zero-order valence-electron chi connectivity index (χ0n) is 13.9. The zero-order valence-corrected chi connectivity index (χ0v) is 14.6. The van der Waals surface area contributed by atoms with Crippen molar-refractivity contribution in [3.05, 3.63) is 29.5 Å². The van der Waals surface area contributed by atoms with E-state index in [1.165, 1.54) is 12.8 Å². The van der Waals surface area contributed by atoms with Crippen LogP contribution < -0.4 is 5.32 Å². The number of aromatic nitrogens is 2. The molecule has 0 amide bonds. The highest BCUT2D eigenvalue weighted by atomic mass is 35.5. The van der Waals surface area contributed by atoms with Gasteiger partial charge >= 0.3 is 5.97 Å². The first-order chi connectivity index (χ1) is 12.1. The van der Waals surface area contributed by atoms with Crippen LogP contribution in [0.15, 0.2) is 24.5 Å². The molecule has 2 fully saturated rings. The van der Waals surface area contributed by atoms with Gasteiger partial charge in [-0.2, -0.15) is 0 Å². The van der Waals surface area contributed by atoms with Gasteiger partial charge < -0.3 is 10.4 Å². The van der Waals surface area contributed by atoms with Crippen LogP contribution >= 0.6 is 11.6 Å². The maximum Gasteiger partial charge on any atom is 0.317 e. The molecule has 0 unspecified atom stereocenters. The Bertz CT molecular complexity index is 790. The monoisotopic (exact) mass is 360 g/mol. The number of fused-ring (bicyclic) bond motifs is 1. The van der Waals surface area contributed by atoms with E-state index in [2.05, 4.69) is 20.2 Å². The second-order valence-electron chi connectivity index (χ2n) is 7.12. The molecule has 6 nitrogen and oxygen atoms in total. The van der Waals surface area contributed by atoms with Gasteiger partial charge in [0, 0.05) is 29.0 Å². The molecule has 1 aromatic heterocycles. The third kappa shape index (κ3) is 3.85. The number of benzene rings is 1. The summed E-state index contributed by atoms with van der Waals surface area (Å²) in [5.74, 6) is 0.773. The molecule has 0 aliphatic heterocycles. The normalized spacial score (nSPS) is 22.8. The summed E-state index contributed by atoms with van der Waals surface area (Å²) >= 11 is 6.02. The number of rotatable bonds is 7. The lowest BCUT2D eigenvalue weighted by Crippen LogP contribution is -2.52.